The Bertz CT molecular complexity index is 744. The molecule has 2 aromatic rings. The van der Waals surface area contributed by atoms with Crippen LogP contribution in [0.5, 0.6) is 11.5 Å². The largest absolute Gasteiger partial charge is 0.497 e. The van der Waals surface area contributed by atoms with Crippen molar-refractivity contribution in [1.82, 2.24) is 0 Å². The summed E-state index contributed by atoms with van der Waals surface area (Å²) in [5, 5.41) is 11.5. The minimum atomic E-state index is -0.701. The molecule has 7 nitrogen and oxygen atoms in total. The van der Waals surface area contributed by atoms with Crippen LogP contribution in [0.1, 0.15) is 11.7 Å². The lowest BCUT2D eigenvalue weighted by molar-refractivity contribution is 0.00600. The van der Waals surface area contributed by atoms with Gasteiger partial charge in [-0.3, -0.25) is 5.32 Å². The zero-order chi connectivity index (χ0) is 20.4. The zero-order valence-corrected chi connectivity index (χ0v) is 16.0. The van der Waals surface area contributed by atoms with Crippen molar-refractivity contribution in [1.29, 1.82) is 0 Å². The van der Waals surface area contributed by atoms with Gasteiger partial charge in [-0.15, -0.1) is 6.58 Å². The molecule has 2 N–H and O–H groups in total. The predicted octanol–water partition coefficient (Wildman–Crippen LogP) is 3.56. The van der Waals surface area contributed by atoms with E-state index in [1.807, 2.05) is 0 Å². The monoisotopic (exact) mass is 387 g/mol. The number of anilines is 1. The molecule has 28 heavy (non-hydrogen) atoms. The van der Waals surface area contributed by atoms with Gasteiger partial charge in [-0.1, -0.05) is 18.2 Å². The van der Waals surface area contributed by atoms with Crippen molar-refractivity contribution in [2.75, 3.05) is 32.8 Å². The molecule has 0 saturated heterocycles. The number of amides is 1. The molecule has 0 aliphatic heterocycles. The molecular formula is C21H25NO6. The molecule has 2 atom stereocenters. The molecule has 0 aromatic heterocycles. The van der Waals surface area contributed by atoms with E-state index in [4.69, 9.17) is 24.1 Å². The number of hydrogen-bond acceptors (Lipinski definition) is 6. The molecular weight excluding hydrogens is 362 g/mol. The normalized spacial score (nSPS) is 12.5. The third-order valence-electron chi connectivity index (χ3n) is 3.94. The summed E-state index contributed by atoms with van der Waals surface area (Å²) >= 11 is 0. The zero-order valence-electron chi connectivity index (χ0n) is 16.0. The van der Waals surface area contributed by atoms with E-state index in [-0.39, 0.29) is 13.2 Å². The first-order chi connectivity index (χ1) is 13.6. The highest BCUT2D eigenvalue weighted by molar-refractivity contribution is 5.84. The number of ether oxygens (including phenoxy) is 4. The molecule has 0 unspecified atom stereocenters. The van der Waals surface area contributed by atoms with Gasteiger partial charge in [0.05, 0.1) is 13.7 Å². The Balaban J connectivity index is 2.11. The number of rotatable bonds is 10. The summed E-state index contributed by atoms with van der Waals surface area (Å²) < 4.78 is 21.4. The number of carbonyl (C=O) groups is 1. The maximum atomic E-state index is 12.4. The van der Waals surface area contributed by atoms with E-state index in [2.05, 4.69) is 11.9 Å². The van der Waals surface area contributed by atoms with Crippen molar-refractivity contribution in [3.8, 4) is 11.5 Å². The fourth-order valence-corrected chi connectivity index (χ4v) is 2.52. The Morgan fingerprint density at radius 2 is 1.75 bits per heavy atom. The molecule has 150 valence electrons. The Morgan fingerprint density at radius 1 is 1.11 bits per heavy atom. The smallest absolute Gasteiger partial charge is 0.412 e. The first kappa shape index (κ1) is 21.3. The number of nitrogens with one attached hydrogen (secondary N) is 1. The second-order valence-corrected chi connectivity index (χ2v) is 5.76. The highest BCUT2D eigenvalue weighted by Crippen LogP contribution is 2.27. The van der Waals surface area contributed by atoms with Crippen LogP contribution < -0.4 is 14.8 Å². The van der Waals surface area contributed by atoms with Crippen molar-refractivity contribution in [3.05, 3.63) is 66.7 Å². The van der Waals surface area contributed by atoms with Gasteiger partial charge in [0.2, 0.25) is 0 Å². The van der Waals surface area contributed by atoms with Crippen molar-refractivity contribution >= 4 is 11.8 Å². The topological polar surface area (TPSA) is 86.3 Å². The molecule has 0 fully saturated rings. The molecule has 1 amide bonds. The minimum Gasteiger partial charge on any atom is -0.497 e. The number of benzene rings is 2. The van der Waals surface area contributed by atoms with Crippen molar-refractivity contribution in [3.63, 3.8) is 0 Å². The average molecular weight is 387 g/mol. The highest BCUT2D eigenvalue weighted by atomic mass is 16.6. The maximum absolute atomic E-state index is 12.4. The lowest BCUT2D eigenvalue weighted by Crippen LogP contribution is -2.26. The first-order valence-corrected chi connectivity index (χ1v) is 8.72. The van der Waals surface area contributed by atoms with Gasteiger partial charge in [0.1, 0.15) is 24.2 Å². The molecule has 2 rings (SSSR count). The molecule has 0 radical (unpaired) electrons. The molecule has 0 bridgehead atoms. The number of carbonyl (C=O) groups excluding carboxylic acids is 1. The Kier molecular flexibility index (Phi) is 8.33. The van der Waals surface area contributed by atoms with E-state index < -0.39 is 18.3 Å². The molecule has 2 aromatic carbocycles. The summed E-state index contributed by atoms with van der Waals surface area (Å²) in [4.78, 5) is 12.4. The number of hydrogen-bond donors (Lipinski definition) is 2. The van der Waals surface area contributed by atoms with Gasteiger partial charge in [-0.2, -0.15) is 0 Å². The van der Waals surface area contributed by atoms with Crippen LogP contribution >= 0.6 is 0 Å². The van der Waals surface area contributed by atoms with Gasteiger partial charge in [-0.25, -0.2) is 4.79 Å². The van der Waals surface area contributed by atoms with E-state index in [0.717, 1.165) is 0 Å². The van der Waals surface area contributed by atoms with Crippen LogP contribution in [-0.2, 0) is 9.47 Å². The second-order valence-electron chi connectivity index (χ2n) is 5.76. The van der Waals surface area contributed by atoms with E-state index in [9.17, 15) is 4.79 Å². The number of methoxy groups -OCH3 is 2. The highest BCUT2D eigenvalue weighted by Gasteiger charge is 2.25. The Hall–Kier alpha value is -3.03. The van der Waals surface area contributed by atoms with Crippen molar-refractivity contribution in [2.24, 2.45) is 0 Å². The van der Waals surface area contributed by atoms with Gasteiger partial charge >= 0.3 is 6.09 Å². The van der Waals surface area contributed by atoms with Crippen LogP contribution in [0.15, 0.2) is 61.2 Å². The van der Waals surface area contributed by atoms with Gasteiger partial charge in [0.25, 0.3) is 0 Å². The number of aliphatic hydroxyl groups excluding tert-OH is 1. The molecule has 0 aliphatic carbocycles. The lowest BCUT2D eigenvalue weighted by atomic mass is 10.0. The molecule has 0 heterocycles. The molecule has 0 aliphatic rings. The van der Waals surface area contributed by atoms with Gasteiger partial charge in [0, 0.05) is 12.8 Å². The predicted molar refractivity (Wildman–Crippen MR) is 106 cm³/mol. The van der Waals surface area contributed by atoms with Gasteiger partial charge in [-0.05, 0) is 42.0 Å². The van der Waals surface area contributed by atoms with Crippen LogP contribution in [0.3, 0.4) is 0 Å². The van der Waals surface area contributed by atoms with Gasteiger partial charge < -0.3 is 24.1 Å². The minimum absolute atomic E-state index is 0.0682. The van der Waals surface area contributed by atoms with E-state index in [1.165, 1.54) is 7.11 Å². The third kappa shape index (κ3) is 6.00. The van der Waals surface area contributed by atoms with Crippen molar-refractivity contribution < 1.29 is 28.8 Å². The maximum Gasteiger partial charge on any atom is 0.412 e. The third-order valence-corrected chi connectivity index (χ3v) is 3.94. The van der Waals surface area contributed by atoms with Crippen molar-refractivity contribution in [2.45, 2.75) is 12.2 Å². The average Bonchev–Trinajstić information content (AvgIpc) is 2.73. The standard InChI is InChI=1S/C21H25NO6/c1-4-19(26-3)20(15-5-9-18(10-6-15)27-14-13-23)28-21(24)22-16-7-11-17(25-2)12-8-16/h4-12,19-20,23H,1,13-14H2,2-3H3,(H,22,24)/t19-,20-/m1/s1. The summed E-state index contributed by atoms with van der Waals surface area (Å²) in [6.07, 6.45) is -0.292. The summed E-state index contributed by atoms with van der Waals surface area (Å²) in [5.74, 6) is 1.29. The Labute approximate surface area is 164 Å². The lowest BCUT2D eigenvalue weighted by Gasteiger charge is -2.24. The van der Waals surface area contributed by atoms with Gasteiger partial charge in [0.15, 0.2) is 6.10 Å². The summed E-state index contributed by atoms with van der Waals surface area (Å²) in [7, 11) is 3.09. The SMILES string of the molecule is C=C[C@@H](OC)[C@H](OC(=O)Nc1ccc(OC)cc1)c1ccc(OCCO)cc1. The Morgan fingerprint density at radius 3 is 2.29 bits per heavy atom. The van der Waals surface area contributed by atoms with Crippen LogP contribution in [-0.4, -0.2) is 44.7 Å². The second kappa shape index (κ2) is 11.0. The quantitative estimate of drug-likeness (QED) is 0.606. The summed E-state index contributed by atoms with van der Waals surface area (Å²) in [5.41, 5.74) is 1.29. The summed E-state index contributed by atoms with van der Waals surface area (Å²) in [6.45, 7) is 3.88. The fraction of sp³-hybridized carbons (Fsp3) is 0.286. The number of aliphatic hydroxyl groups is 1. The van der Waals surface area contributed by atoms with Crippen LogP contribution in [0.2, 0.25) is 0 Å². The fourth-order valence-electron chi connectivity index (χ4n) is 2.52. The van der Waals surface area contributed by atoms with E-state index in [1.54, 1.807) is 61.7 Å². The first-order valence-electron chi connectivity index (χ1n) is 8.72. The van der Waals surface area contributed by atoms with Crippen LogP contribution in [0.4, 0.5) is 10.5 Å². The van der Waals surface area contributed by atoms with Crippen LogP contribution in [0, 0.1) is 0 Å². The summed E-state index contributed by atoms with van der Waals surface area (Å²) in [6, 6.07) is 13.9. The molecule has 7 heteroatoms. The molecule has 0 spiro atoms. The van der Waals surface area contributed by atoms with E-state index in [0.29, 0.717) is 22.7 Å². The van der Waals surface area contributed by atoms with E-state index >= 15 is 0 Å². The molecule has 0 saturated carbocycles. The van der Waals surface area contributed by atoms with Crippen LogP contribution in [0.25, 0.3) is 0 Å².